The van der Waals surface area contributed by atoms with Crippen molar-refractivity contribution in [2.24, 2.45) is 0 Å². The third-order valence-corrected chi connectivity index (χ3v) is 2.95. The summed E-state index contributed by atoms with van der Waals surface area (Å²) in [7, 11) is 1.68. The van der Waals surface area contributed by atoms with Gasteiger partial charge in [0.2, 0.25) is 0 Å². The summed E-state index contributed by atoms with van der Waals surface area (Å²) in [6.07, 6.45) is 3.29. The predicted octanol–water partition coefficient (Wildman–Crippen LogP) is 3.52. The Hall–Kier alpha value is -1.90. The molecule has 18 heavy (non-hydrogen) atoms. The lowest BCUT2D eigenvalue weighted by atomic mass is 10.3. The number of methoxy groups -OCH3 is 1. The molecule has 0 aliphatic rings. The molecule has 2 aromatic rings. The molecule has 3 nitrogen and oxygen atoms in total. The number of nitrogens with one attached hydrogen (secondary N) is 1. The quantitative estimate of drug-likeness (QED) is 0.841. The summed E-state index contributed by atoms with van der Waals surface area (Å²) in [5, 5.41) is 3.42. The molecular formula is C15H20N2O. The van der Waals surface area contributed by atoms with Crippen molar-refractivity contribution in [3.05, 3.63) is 48.3 Å². The molecule has 0 saturated carbocycles. The SMILES string of the molecule is CCCn1cccc1CNc1ccc(OC)cc1. The average molecular weight is 244 g/mol. The molecule has 0 fully saturated rings. The van der Waals surface area contributed by atoms with Crippen molar-refractivity contribution in [1.82, 2.24) is 4.57 Å². The first-order valence-electron chi connectivity index (χ1n) is 6.35. The normalized spacial score (nSPS) is 10.3. The molecule has 0 saturated heterocycles. The van der Waals surface area contributed by atoms with Crippen LogP contribution < -0.4 is 10.1 Å². The van der Waals surface area contributed by atoms with Gasteiger partial charge in [0.05, 0.1) is 13.7 Å². The molecular weight excluding hydrogens is 224 g/mol. The molecule has 0 unspecified atom stereocenters. The molecule has 1 aromatic carbocycles. The van der Waals surface area contributed by atoms with E-state index in [1.807, 2.05) is 24.3 Å². The number of anilines is 1. The van der Waals surface area contributed by atoms with Gasteiger partial charge in [-0.3, -0.25) is 0 Å². The highest BCUT2D eigenvalue weighted by Crippen LogP contribution is 2.16. The number of hydrogen-bond donors (Lipinski definition) is 1. The van der Waals surface area contributed by atoms with Crippen molar-refractivity contribution in [3.63, 3.8) is 0 Å². The Balaban J connectivity index is 1.95. The minimum absolute atomic E-state index is 0.847. The van der Waals surface area contributed by atoms with Crippen molar-refractivity contribution >= 4 is 5.69 Å². The van der Waals surface area contributed by atoms with Crippen LogP contribution in [-0.2, 0) is 13.1 Å². The monoisotopic (exact) mass is 244 g/mol. The van der Waals surface area contributed by atoms with Crippen LogP contribution in [-0.4, -0.2) is 11.7 Å². The molecule has 96 valence electrons. The maximum atomic E-state index is 5.14. The number of ether oxygens (including phenoxy) is 1. The fourth-order valence-electron chi connectivity index (χ4n) is 1.97. The van der Waals surface area contributed by atoms with Crippen molar-refractivity contribution in [2.45, 2.75) is 26.4 Å². The summed E-state index contributed by atoms with van der Waals surface area (Å²) in [5.41, 5.74) is 2.42. The van der Waals surface area contributed by atoms with E-state index >= 15 is 0 Å². The second kappa shape index (κ2) is 6.15. The second-order valence-corrected chi connectivity index (χ2v) is 4.27. The Morgan fingerprint density at radius 2 is 1.94 bits per heavy atom. The first-order valence-corrected chi connectivity index (χ1v) is 6.35. The van der Waals surface area contributed by atoms with Gasteiger partial charge in [0, 0.05) is 24.1 Å². The van der Waals surface area contributed by atoms with Crippen LogP contribution in [0, 0.1) is 0 Å². The van der Waals surface area contributed by atoms with Gasteiger partial charge in [0.1, 0.15) is 5.75 Å². The van der Waals surface area contributed by atoms with Crippen LogP contribution in [0.25, 0.3) is 0 Å². The molecule has 0 aliphatic carbocycles. The van der Waals surface area contributed by atoms with Crippen molar-refractivity contribution in [2.75, 3.05) is 12.4 Å². The van der Waals surface area contributed by atoms with Gasteiger partial charge in [0.15, 0.2) is 0 Å². The van der Waals surface area contributed by atoms with Gasteiger partial charge in [-0.15, -0.1) is 0 Å². The van der Waals surface area contributed by atoms with Gasteiger partial charge >= 0.3 is 0 Å². The number of benzene rings is 1. The summed E-state index contributed by atoms with van der Waals surface area (Å²) in [6, 6.07) is 12.3. The third kappa shape index (κ3) is 3.06. The van der Waals surface area contributed by atoms with Crippen LogP contribution in [0.5, 0.6) is 5.75 Å². The highest BCUT2D eigenvalue weighted by atomic mass is 16.5. The standard InChI is InChI=1S/C15H20N2O/c1-3-10-17-11-4-5-14(17)12-16-13-6-8-15(18-2)9-7-13/h4-9,11,16H,3,10,12H2,1-2H3. The zero-order valence-corrected chi connectivity index (χ0v) is 11.0. The summed E-state index contributed by atoms with van der Waals surface area (Å²) < 4.78 is 7.43. The Kier molecular flexibility index (Phi) is 4.29. The van der Waals surface area contributed by atoms with Crippen LogP contribution in [0.3, 0.4) is 0 Å². The lowest BCUT2D eigenvalue weighted by Crippen LogP contribution is -2.06. The van der Waals surface area contributed by atoms with E-state index in [-0.39, 0.29) is 0 Å². The van der Waals surface area contributed by atoms with Crippen LogP contribution in [0.15, 0.2) is 42.6 Å². The van der Waals surface area contributed by atoms with Gasteiger partial charge in [-0.25, -0.2) is 0 Å². The predicted molar refractivity (Wildman–Crippen MR) is 75.0 cm³/mol. The van der Waals surface area contributed by atoms with E-state index in [4.69, 9.17) is 4.74 Å². The summed E-state index contributed by atoms with van der Waals surface area (Å²) >= 11 is 0. The molecule has 0 aliphatic heterocycles. The molecule has 1 heterocycles. The van der Waals surface area contributed by atoms with Gasteiger partial charge in [-0.2, -0.15) is 0 Å². The van der Waals surface area contributed by atoms with Crippen LogP contribution in [0.2, 0.25) is 0 Å². The summed E-state index contributed by atoms with van der Waals surface area (Å²) in [6.45, 7) is 4.12. The van der Waals surface area contributed by atoms with E-state index in [2.05, 4.69) is 35.1 Å². The van der Waals surface area contributed by atoms with E-state index in [0.717, 1.165) is 30.9 Å². The Bertz CT molecular complexity index is 473. The fraction of sp³-hybridized carbons (Fsp3) is 0.333. The number of rotatable bonds is 6. The van der Waals surface area contributed by atoms with E-state index in [1.54, 1.807) is 7.11 Å². The van der Waals surface area contributed by atoms with E-state index < -0.39 is 0 Å². The molecule has 0 radical (unpaired) electrons. The lowest BCUT2D eigenvalue weighted by Gasteiger charge is -2.10. The number of nitrogens with zero attached hydrogens (tertiary/aromatic N) is 1. The van der Waals surface area contributed by atoms with Gasteiger partial charge in [0.25, 0.3) is 0 Å². The van der Waals surface area contributed by atoms with Crippen molar-refractivity contribution in [3.8, 4) is 5.75 Å². The van der Waals surface area contributed by atoms with E-state index in [9.17, 15) is 0 Å². The number of aryl methyl sites for hydroxylation is 1. The highest BCUT2D eigenvalue weighted by molar-refractivity contribution is 5.46. The maximum absolute atomic E-state index is 5.14. The van der Waals surface area contributed by atoms with Crippen molar-refractivity contribution < 1.29 is 4.74 Å². The molecule has 0 spiro atoms. The molecule has 3 heteroatoms. The molecule has 0 amide bonds. The summed E-state index contributed by atoms with van der Waals surface area (Å²) in [5.74, 6) is 0.884. The molecule has 0 atom stereocenters. The van der Waals surface area contributed by atoms with E-state index in [1.165, 1.54) is 5.69 Å². The van der Waals surface area contributed by atoms with E-state index in [0.29, 0.717) is 0 Å². The van der Waals surface area contributed by atoms with Crippen molar-refractivity contribution in [1.29, 1.82) is 0 Å². The topological polar surface area (TPSA) is 26.2 Å². The Morgan fingerprint density at radius 3 is 2.61 bits per heavy atom. The number of hydrogen-bond acceptors (Lipinski definition) is 2. The highest BCUT2D eigenvalue weighted by Gasteiger charge is 2.00. The zero-order valence-electron chi connectivity index (χ0n) is 11.0. The zero-order chi connectivity index (χ0) is 12.8. The van der Waals surface area contributed by atoms with Gasteiger partial charge in [-0.05, 0) is 42.8 Å². The first-order chi connectivity index (χ1) is 8.83. The smallest absolute Gasteiger partial charge is 0.119 e. The fourth-order valence-corrected chi connectivity index (χ4v) is 1.97. The number of aromatic nitrogens is 1. The third-order valence-electron chi connectivity index (χ3n) is 2.95. The minimum atomic E-state index is 0.847. The van der Waals surface area contributed by atoms with Gasteiger partial charge < -0.3 is 14.6 Å². The lowest BCUT2D eigenvalue weighted by molar-refractivity contribution is 0.415. The molecule has 1 aromatic heterocycles. The van der Waals surface area contributed by atoms with Crippen LogP contribution in [0.1, 0.15) is 19.0 Å². The van der Waals surface area contributed by atoms with Crippen LogP contribution >= 0.6 is 0 Å². The average Bonchev–Trinajstić information content (AvgIpc) is 2.85. The molecule has 1 N–H and O–H groups in total. The van der Waals surface area contributed by atoms with Crippen LogP contribution in [0.4, 0.5) is 5.69 Å². The molecule has 2 rings (SSSR count). The minimum Gasteiger partial charge on any atom is -0.497 e. The first kappa shape index (κ1) is 12.6. The molecule has 0 bridgehead atoms. The largest absolute Gasteiger partial charge is 0.497 e. The Labute approximate surface area is 108 Å². The summed E-state index contributed by atoms with van der Waals surface area (Å²) in [4.78, 5) is 0. The maximum Gasteiger partial charge on any atom is 0.119 e. The van der Waals surface area contributed by atoms with Gasteiger partial charge in [-0.1, -0.05) is 6.92 Å². The Morgan fingerprint density at radius 1 is 1.17 bits per heavy atom. The second-order valence-electron chi connectivity index (χ2n) is 4.27.